The predicted octanol–water partition coefficient (Wildman–Crippen LogP) is 3.32. The summed E-state index contributed by atoms with van der Waals surface area (Å²) >= 11 is 0. The topological polar surface area (TPSA) is 104 Å². The van der Waals surface area contributed by atoms with Crippen molar-refractivity contribution in [3.63, 3.8) is 0 Å². The number of nitrogens with zero attached hydrogens (tertiary/aromatic N) is 4. The highest BCUT2D eigenvalue weighted by Crippen LogP contribution is 2.58. The first-order valence-electron chi connectivity index (χ1n) is 11.7. The van der Waals surface area contributed by atoms with Gasteiger partial charge in [0.2, 0.25) is 11.9 Å². The average molecular weight is 482 g/mol. The van der Waals surface area contributed by atoms with Crippen LogP contribution in [0.4, 0.5) is 28.8 Å². The minimum absolute atomic E-state index is 0.141. The second kappa shape index (κ2) is 9.99. The third kappa shape index (κ3) is 5.27. The zero-order chi connectivity index (χ0) is 25.2. The molecule has 3 N–H and O–H groups in total. The lowest BCUT2D eigenvalue weighted by Crippen LogP contribution is -2.63. The summed E-state index contributed by atoms with van der Waals surface area (Å²) in [6, 6.07) is 3.71. The number of anilines is 5. The lowest BCUT2D eigenvalue weighted by Gasteiger charge is -2.62. The van der Waals surface area contributed by atoms with Crippen LogP contribution in [0.25, 0.3) is 0 Å². The molecular formula is C25H35N7O3. The molecule has 2 bridgehead atoms. The molecule has 0 saturated heterocycles. The maximum Gasteiger partial charge on any atom is 0.247 e. The van der Waals surface area contributed by atoms with Crippen LogP contribution in [0, 0.1) is 5.92 Å². The van der Waals surface area contributed by atoms with Gasteiger partial charge in [-0.2, -0.15) is 4.98 Å². The number of likely N-dealkylation sites (N-methyl/N-ethyl adjacent to an activating group) is 2. The zero-order valence-corrected chi connectivity index (χ0v) is 21.1. The molecule has 3 saturated carbocycles. The number of carbonyl (C=O) groups excluding carboxylic acids is 1. The van der Waals surface area contributed by atoms with Gasteiger partial charge in [0.15, 0.2) is 11.6 Å². The summed E-state index contributed by atoms with van der Waals surface area (Å²) in [5, 5.41) is 9.72. The van der Waals surface area contributed by atoms with Gasteiger partial charge in [-0.15, -0.1) is 0 Å². The van der Waals surface area contributed by atoms with Crippen LogP contribution in [0.1, 0.15) is 19.3 Å². The number of rotatable bonds is 12. The molecule has 10 nitrogen and oxygen atoms in total. The average Bonchev–Trinajstić information content (AvgIpc) is 2.79. The molecule has 0 spiro atoms. The number of ether oxygens (including phenoxy) is 2. The van der Waals surface area contributed by atoms with E-state index in [4.69, 9.17) is 9.47 Å². The van der Waals surface area contributed by atoms with E-state index in [-0.39, 0.29) is 11.4 Å². The summed E-state index contributed by atoms with van der Waals surface area (Å²) in [7, 11) is 9.24. The Kier molecular flexibility index (Phi) is 7.02. The van der Waals surface area contributed by atoms with Gasteiger partial charge in [-0.3, -0.25) is 4.79 Å². The SMILES string of the molecule is C=CC(=O)Nc1cc(Nc2ncc(OC)c(NC34CC(C3)C4)n2)c(OC)cc1N(C)CCN(C)C. The summed E-state index contributed by atoms with van der Waals surface area (Å²) in [6.45, 7) is 5.19. The molecule has 5 rings (SSSR count). The van der Waals surface area contributed by atoms with Gasteiger partial charge in [-0.1, -0.05) is 6.58 Å². The van der Waals surface area contributed by atoms with E-state index in [2.05, 4.69) is 42.3 Å². The second-order valence-electron chi connectivity index (χ2n) is 9.61. The van der Waals surface area contributed by atoms with Crippen molar-refractivity contribution in [3.8, 4) is 11.5 Å². The number of hydrogen-bond acceptors (Lipinski definition) is 9. The second-order valence-corrected chi connectivity index (χ2v) is 9.61. The number of aromatic nitrogens is 2. The third-order valence-corrected chi connectivity index (χ3v) is 6.70. The van der Waals surface area contributed by atoms with E-state index in [1.54, 1.807) is 20.4 Å². The minimum Gasteiger partial charge on any atom is -0.494 e. The molecule has 10 heteroatoms. The molecule has 1 aromatic carbocycles. The van der Waals surface area contributed by atoms with Crippen molar-refractivity contribution in [3.05, 3.63) is 31.0 Å². The van der Waals surface area contributed by atoms with Crippen LogP contribution in [0.2, 0.25) is 0 Å². The van der Waals surface area contributed by atoms with Crippen LogP contribution in [-0.4, -0.2) is 74.8 Å². The van der Waals surface area contributed by atoms with Gasteiger partial charge in [0.05, 0.1) is 37.5 Å². The van der Waals surface area contributed by atoms with Crippen LogP contribution < -0.4 is 30.3 Å². The number of amides is 1. The quantitative estimate of drug-likeness (QED) is 0.394. The van der Waals surface area contributed by atoms with Crippen LogP contribution in [0.5, 0.6) is 11.5 Å². The van der Waals surface area contributed by atoms with Crippen molar-refractivity contribution in [2.75, 3.05) is 69.3 Å². The van der Waals surface area contributed by atoms with Crippen LogP contribution in [0.15, 0.2) is 31.0 Å². The number of methoxy groups -OCH3 is 2. The molecular weight excluding hydrogens is 446 g/mol. The van der Waals surface area contributed by atoms with E-state index in [1.807, 2.05) is 33.3 Å². The highest BCUT2D eigenvalue weighted by Gasteiger charge is 2.57. The fourth-order valence-corrected chi connectivity index (χ4v) is 4.58. The Balaban J connectivity index is 1.63. The Morgan fingerprint density at radius 3 is 2.43 bits per heavy atom. The summed E-state index contributed by atoms with van der Waals surface area (Å²) in [5.74, 6) is 2.81. The van der Waals surface area contributed by atoms with E-state index in [1.165, 1.54) is 25.3 Å². The van der Waals surface area contributed by atoms with E-state index in [9.17, 15) is 4.79 Å². The number of hydrogen-bond donors (Lipinski definition) is 3. The van der Waals surface area contributed by atoms with Crippen molar-refractivity contribution >= 4 is 34.7 Å². The number of carbonyl (C=O) groups is 1. The molecule has 3 aliphatic rings. The Bertz CT molecular complexity index is 1090. The molecule has 1 amide bonds. The van der Waals surface area contributed by atoms with Crippen molar-refractivity contribution in [1.29, 1.82) is 0 Å². The van der Waals surface area contributed by atoms with Crippen LogP contribution in [-0.2, 0) is 4.79 Å². The van der Waals surface area contributed by atoms with Gasteiger partial charge >= 0.3 is 0 Å². The molecule has 0 unspecified atom stereocenters. The summed E-state index contributed by atoms with van der Waals surface area (Å²) in [6.07, 6.45) is 6.42. The van der Waals surface area contributed by atoms with Crippen molar-refractivity contribution in [1.82, 2.24) is 14.9 Å². The molecule has 2 aromatic rings. The third-order valence-electron chi connectivity index (χ3n) is 6.70. The van der Waals surface area contributed by atoms with Gasteiger partial charge < -0.3 is 35.2 Å². The van der Waals surface area contributed by atoms with E-state index >= 15 is 0 Å². The molecule has 0 aliphatic heterocycles. The molecule has 0 atom stereocenters. The summed E-state index contributed by atoms with van der Waals surface area (Å²) in [4.78, 5) is 25.5. The molecule has 1 heterocycles. The monoisotopic (exact) mass is 481 g/mol. The Labute approximate surface area is 206 Å². The van der Waals surface area contributed by atoms with Gasteiger partial charge in [0.25, 0.3) is 0 Å². The van der Waals surface area contributed by atoms with Crippen LogP contribution in [0.3, 0.4) is 0 Å². The van der Waals surface area contributed by atoms with Gasteiger partial charge in [-0.05, 0) is 51.4 Å². The fraction of sp³-hybridized carbons (Fsp3) is 0.480. The Morgan fingerprint density at radius 2 is 1.86 bits per heavy atom. The highest BCUT2D eigenvalue weighted by molar-refractivity contribution is 6.02. The first-order chi connectivity index (χ1) is 16.8. The Hall–Kier alpha value is -3.53. The largest absolute Gasteiger partial charge is 0.494 e. The van der Waals surface area contributed by atoms with Crippen molar-refractivity contribution in [2.45, 2.75) is 24.8 Å². The van der Waals surface area contributed by atoms with Gasteiger partial charge in [-0.25, -0.2) is 4.98 Å². The maximum atomic E-state index is 12.2. The first kappa shape index (κ1) is 24.6. The molecule has 3 fully saturated rings. The molecule has 3 aliphatic carbocycles. The van der Waals surface area contributed by atoms with E-state index in [0.717, 1.165) is 24.7 Å². The maximum absolute atomic E-state index is 12.2. The minimum atomic E-state index is -0.297. The smallest absolute Gasteiger partial charge is 0.247 e. The number of nitrogens with one attached hydrogen (secondary N) is 3. The molecule has 35 heavy (non-hydrogen) atoms. The molecule has 0 radical (unpaired) electrons. The van der Waals surface area contributed by atoms with E-state index in [0.29, 0.717) is 34.6 Å². The predicted molar refractivity (Wildman–Crippen MR) is 139 cm³/mol. The zero-order valence-electron chi connectivity index (χ0n) is 21.1. The summed E-state index contributed by atoms with van der Waals surface area (Å²) in [5.41, 5.74) is 2.21. The van der Waals surface area contributed by atoms with Gasteiger partial charge in [0.1, 0.15) is 5.75 Å². The van der Waals surface area contributed by atoms with E-state index < -0.39 is 0 Å². The van der Waals surface area contributed by atoms with Gasteiger partial charge in [0, 0.05) is 31.7 Å². The van der Waals surface area contributed by atoms with Crippen LogP contribution >= 0.6 is 0 Å². The lowest BCUT2D eigenvalue weighted by atomic mass is 9.50. The summed E-state index contributed by atoms with van der Waals surface area (Å²) < 4.78 is 11.2. The lowest BCUT2D eigenvalue weighted by molar-refractivity contribution is -0.111. The number of benzene rings is 1. The normalized spacial score (nSPS) is 19.8. The van der Waals surface area contributed by atoms with Crippen molar-refractivity contribution in [2.24, 2.45) is 5.92 Å². The highest BCUT2D eigenvalue weighted by atomic mass is 16.5. The molecule has 188 valence electrons. The fourth-order valence-electron chi connectivity index (χ4n) is 4.58. The molecule has 1 aromatic heterocycles. The van der Waals surface area contributed by atoms with Crippen molar-refractivity contribution < 1.29 is 14.3 Å². The first-order valence-corrected chi connectivity index (χ1v) is 11.7. The Morgan fingerprint density at radius 1 is 1.14 bits per heavy atom. The standard InChI is InChI=1S/C25H35N7O3/c1-7-22(33)27-17-10-18(20(34-5)11-19(17)32(4)9-8-31(2)3)28-24-26-15-21(35-6)23(29-24)30-25-12-16(13-25)14-25/h7,10-11,15-16H,1,8-9,12-14H2,2-6H3,(H,27,33)(H2,26,28,29,30).